The fourth-order valence-corrected chi connectivity index (χ4v) is 4.39. The summed E-state index contributed by atoms with van der Waals surface area (Å²) in [6.45, 7) is 2.79. The lowest BCUT2D eigenvalue weighted by Gasteiger charge is -2.16. The van der Waals surface area contributed by atoms with Crippen LogP contribution in [0, 0.1) is 0 Å². The highest BCUT2D eigenvalue weighted by Crippen LogP contribution is 2.34. The number of nitrogens with zero attached hydrogens (tertiary/aromatic N) is 4. The molecule has 1 atom stereocenters. The second-order valence-electron chi connectivity index (χ2n) is 7.12. The first-order chi connectivity index (χ1) is 14.6. The zero-order valence-corrected chi connectivity index (χ0v) is 18.1. The molecule has 0 radical (unpaired) electrons. The van der Waals surface area contributed by atoms with Crippen LogP contribution in [0.2, 0.25) is 0 Å². The Hall–Kier alpha value is -2.90. The molecule has 0 amide bonds. The lowest BCUT2D eigenvalue weighted by molar-refractivity contribution is 0.202. The maximum atomic E-state index is 13.4. The van der Waals surface area contributed by atoms with Gasteiger partial charge in [0.1, 0.15) is 5.39 Å². The predicted octanol–water partition coefficient (Wildman–Crippen LogP) is 4.16. The van der Waals surface area contributed by atoms with Gasteiger partial charge >= 0.3 is 0 Å². The smallest absolute Gasteiger partial charge is 0.269 e. The Morgan fingerprint density at radius 3 is 2.53 bits per heavy atom. The molecule has 4 rings (SSSR count). The number of rotatable bonds is 7. The van der Waals surface area contributed by atoms with Gasteiger partial charge in [-0.3, -0.25) is 14.0 Å². The first-order valence-electron chi connectivity index (χ1n) is 9.83. The number of fused-ring (bicyclic) bond motifs is 1. The van der Waals surface area contributed by atoms with Crippen LogP contribution in [0.3, 0.4) is 0 Å². The van der Waals surface area contributed by atoms with Gasteiger partial charge in [-0.2, -0.15) is 5.10 Å². The summed E-state index contributed by atoms with van der Waals surface area (Å²) in [6.07, 6.45) is 2.42. The molecule has 0 aliphatic rings. The number of thioether (sulfide) groups is 1. The lowest BCUT2D eigenvalue weighted by atomic mass is 10.1. The monoisotopic (exact) mass is 420 g/mol. The Morgan fingerprint density at radius 1 is 1.10 bits per heavy atom. The highest BCUT2D eigenvalue weighted by molar-refractivity contribution is 7.99. The molecule has 2 aromatic heterocycles. The molecule has 1 unspecified atom stereocenters. The Bertz CT molecular complexity index is 1200. The summed E-state index contributed by atoms with van der Waals surface area (Å²) in [5.41, 5.74) is 3.62. The van der Waals surface area contributed by atoms with Crippen molar-refractivity contribution in [3.63, 3.8) is 0 Å². The topological polar surface area (TPSA) is 61.9 Å². The van der Waals surface area contributed by atoms with E-state index in [2.05, 4.69) is 24.2 Å². The minimum absolute atomic E-state index is 0.111. The van der Waals surface area contributed by atoms with Crippen LogP contribution in [0.4, 0.5) is 0 Å². The molecule has 0 spiro atoms. The molecule has 0 saturated carbocycles. The Morgan fingerprint density at radius 2 is 1.83 bits per heavy atom. The number of aromatic nitrogens is 4. The van der Waals surface area contributed by atoms with Crippen LogP contribution in [-0.2, 0) is 18.2 Å². The number of ether oxygens (including phenoxy) is 1. The third-order valence-electron chi connectivity index (χ3n) is 5.07. The molecule has 6 nitrogen and oxygen atoms in total. The van der Waals surface area contributed by atoms with Crippen molar-refractivity contribution in [1.29, 1.82) is 0 Å². The van der Waals surface area contributed by atoms with Gasteiger partial charge in [0, 0.05) is 19.4 Å². The molecule has 2 aromatic carbocycles. The largest absolute Gasteiger partial charge is 0.384 e. The fraction of sp³-hybridized carbons (Fsp3) is 0.261. The van der Waals surface area contributed by atoms with E-state index in [9.17, 15) is 4.79 Å². The summed E-state index contributed by atoms with van der Waals surface area (Å²) in [7, 11) is 3.50. The number of aryl methyl sites for hydroxylation is 1. The summed E-state index contributed by atoms with van der Waals surface area (Å²) in [5.74, 6) is 0. The average Bonchev–Trinajstić information content (AvgIpc) is 3.14. The summed E-state index contributed by atoms with van der Waals surface area (Å²) in [6, 6.07) is 18.2. The lowest BCUT2D eigenvalue weighted by Crippen LogP contribution is -2.22. The minimum atomic E-state index is -0.111. The van der Waals surface area contributed by atoms with Crippen molar-refractivity contribution in [3.05, 3.63) is 82.3 Å². The van der Waals surface area contributed by atoms with Crippen LogP contribution in [0.25, 0.3) is 16.7 Å². The van der Waals surface area contributed by atoms with E-state index in [0.29, 0.717) is 22.8 Å². The second-order valence-corrected chi connectivity index (χ2v) is 8.43. The number of methoxy groups -OCH3 is 1. The van der Waals surface area contributed by atoms with Crippen molar-refractivity contribution >= 4 is 22.8 Å². The predicted molar refractivity (Wildman–Crippen MR) is 120 cm³/mol. The molecule has 0 bridgehead atoms. The summed E-state index contributed by atoms with van der Waals surface area (Å²) < 4.78 is 8.49. The average molecular weight is 421 g/mol. The van der Waals surface area contributed by atoms with Crippen LogP contribution in [0.15, 0.2) is 70.7 Å². The van der Waals surface area contributed by atoms with Gasteiger partial charge in [0.25, 0.3) is 5.56 Å². The standard InChI is InChI=1S/C23H24N4O2S/c1-16(18-7-5-4-6-8-18)30-23-25-21-20(15-24-26(21)2)22(28)27(23)19-11-9-17(10-12-19)13-14-29-3/h4-12,15-16H,13-14H2,1-3H3. The first kappa shape index (κ1) is 20.4. The van der Waals surface area contributed by atoms with Gasteiger partial charge in [-0.1, -0.05) is 54.2 Å². The van der Waals surface area contributed by atoms with Gasteiger partial charge in [0.2, 0.25) is 0 Å². The molecule has 0 saturated heterocycles. The Kier molecular flexibility index (Phi) is 6.01. The van der Waals surface area contributed by atoms with E-state index in [-0.39, 0.29) is 10.8 Å². The third-order valence-corrected chi connectivity index (χ3v) is 6.18. The second kappa shape index (κ2) is 8.85. The summed E-state index contributed by atoms with van der Waals surface area (Å²) in [5, 5.41) is 5.53. The van der Waals surface area contributed by atoms with Gasteiger partial charge in [-0.25, -0.2) is 4.98 Å². The molecule has 0 aliphatic carbocycles. The van der Waals surface area contributed by atoms with Gasteiger partial charge < -0.3 is 4.74 Å². The molecule has 30 heavy (non-hydrogen) atoms. The number of benzene rings is 2. The summed E-state index contributed by atoms with van der Waals surface area (Å²) >= 11 is 1.57. The van der Waals surface area contributed by atoms with Crippen LogP contribution < -0.4 is 5.56 Å². The molecule has 0 aliphatic heterocycles. The Labute approximate surface area is 179 Å². The van der Waals surface area contributed by atoms with Gasteiger partial charge in [0.05, 0.1) is 18.5 Å². The van der Waals surface area contributed by atoms with Gasteiger partial charge in [-0.15, -0.1) is 0 Å². The number of hydrogen-bond acceptors (Lipinski definition) is 5. The van der Waals surface area contributed by atoms with Gasteiger partial charge in [0.15, 0.2) is 10.8 Å². The summed E-state index contributed by atoms with van der Waals surface area (Å²) in [4.78, 5) is 18.2. The highest BCUT2D eigenvalue weighted by Gasteiger charge is 2.19. The van der Waals surface area contributed by atoms with E-state index >= 15 is 0 Å². The zero-order chi connectivity index (χ0) is 21.1. The fourth-order valence-electron chi connectivity index (χ4n) is 3.35. The zero-order valence-electron chi connectivity index (χ0n) is 17.3. The Balaban J connectivity index is 1.80. The van der Waals surface area contributed by atoms with Gasteiger partial charge in [-0.05, 0) is 36.6 Å². The normalized spacial score (nSPS) is 12.4. The van der Waals surface area contributed by atoms with E-state index in [4.69, 9.17) is 9.72 Å². The molecular weight excluding hydrogens is 396 g/mol. The van der Waals surface area contributed by atoms with Crippen LogP contribution >= 0.6 is 11.8 Å². The first-order valence-corrected chi connectivity index (χ1v) is 10.7. The van der Waals surface area contributed by atoms with Crippen molar-refractivity contribution < 1.29 is 4.74 Å². The van der Waals surface area contributed by atoms with Crippen molar-refractivity contribution in [2.45, 2.75) is 23.8 Å². The number of hydrogen-bond donors (Lipinski definition) is 0. The maximum absolute atomic E-state index is 13.4. The van der Waals surface area contributed by atoms with Crippen molar-refractivity contribution in [3.8, 4) is 5.69 Å². The molecule has 154 valence electrons. The van der Waals surface area contributed by atoms with Crippen molar-refractivity contribution in [1.82, 2.24) is 19.3 Å². The van der Waals surface area contributed by atoms with E-state index < -0.39 is 0 Å². The maximum Gasteiger partial charge on any atom is 0.269 e. The SMILES string of the molecule is COCCc1ccc(-n2c(SC(C)c3ccccc3)nc3c(cnn3C)c2=O)cc1. The third kappa shape index (κ3) is 4.04. The van der Waals surface area contributed by atoms with Crippen LogP contribution in [0.5, 0.6) is 0 Å². The molecule has 2 heterocycles. The van der Waals surface area contributed by atoms with Crippen molar-refractivity contribution in [2.24, 2.45) is 7.05 Å². The molecule has 7 heteroatoms. The van der Waals surface area contributed by atoms with E-state index in [0.717, 1.165) is 17.7 Å². The molecular formula is C23H24N4O2S. The quantitative estimate of drug-likeness (QED) is 0.332. The molecule has 4 aromatic rings. The van der Waals surface area contributed by atoms with E-state index in [1.54, 1.807) is 41.4 Å². The van der Waals surface area contributed by atoms with E-state index in [1.807, 2.05) is 42.5 Å². The van der Waals surface area contributed by atoms with E-state index in [1.165, 1.54) is 5.56 Å². The molecule has 0 fully saturated rings. The highest BCUT2D eigenvalue weighted by atomic mass is 32.2. The molecule has 0 N–H and O–H groups in total. The van der Waals surface area contributed by atoms with Crippen LogP contribution in [-0.4, -0.2) is 33.0 Å². The van der Waals surface area contributed by atoms with Crippen LogP contribution in [0.1, 0.15) is 23.3 Å². The minimum Gasteiger partial charge on any atom is -0.384 e. The van der Waals surface area contributed by atoms with Crippen molar-refractivity contribution in [2.75, 3.05) is 13.7 Å².